The highest BCUT2D eigenvalue weighted by Crippen LogP contribution is 2.31. The summed E-state index contributed by atoms with van der Waals surface area (Å²) in [5.74, 6) is 0.804. The molecule has 1 saturated carbocycles. The number of Topliss-reactive ketones (excluding diaryl/α,β-unsaturated/α-hetero) is 2. The number of carbonyl (C=O) groups is 2. The van der Waals surface area contributed by atoms with Crippen molar-refractivity contribution in [3.8, 4) is 5.75 Å². The number of carbonyl (C=O) groups excluding carboxylic acids is 2. The average molecular weight is 244 g/mol. The third kappa shape index (κ3) is 3.29. The molecule has 0 bridgehead atoms. The van der Waals surface area contributed by atoms with Crippen LogP contribution in [0.5, 0.6) is 5.75 Å². The number of rotatable bonds is 7. The van der Waals surface area contributed by atoms with E-state index in [0.717, 1.165) is 12.8 Å². The largest absolute Gasteiger partial charge is 0.490 e. The van der Waals surface area contributed by atoms with Gasteiger partial charge in [-0.1, -0.05) is 12.7 Å². The van der Waals surface area contributed by atoms with Crippen molar-refractivity contribution in [2.24, 2.45) is 5.92 Å². The van der Waals surface area contributed by atoms with Gasteiger partial charge in [-0.25, -0.2) is 0 Å². The monoisotopic (exact) mass is 244 g/mol. The van der Waals surface area contributed by atoms with Gasteiger partial charge < -0.3 is 4.74 Å². The van der Waals surface area contributed by atoms with Crippen LogP contribution in [0.25, 0.3) is 0 Å². The zero-order valence-electron chi connectivity index (χ0n) is 10.2. The molecule has 0 atom stereocenters. The van der Waals surface area contributed by atoms with E-state index in [9.17, 15) is 9.59 Å². The Balaban J connectivity index is 1.93. The molecule has 0 aliphatic heterocycles. The summed E-state index contributed by atoms with van der Waals surface area (Å²) in [6, 6.07) is 6.86. The topological polar surface area (TPSA) is 43.4 Å². The molecule has 1 fully saturated rings. The minimum absolute atomic E-state index is 0.0253. The number of ketones is 2. The second-order valence-electron chi connectivity index (χ2n) is 4.46. The van der Waals surface area contributed by atoms with E-state index in [1.54, 1.807) is 30.3 Å². The van der Waals surface area contributed by atoms with Gasteiger partial charge in [-0.2, -0.15) is 0 Å². The van der Waals surface area contributed by atoms with Crippen LogP contribution >= 0.6 is 0 Å². The summed E-state index contributed by atoms with van der Waals surface area (Å²) in [7, 11) is 0. The van der Waals surface area contributed by atoms with Crippen molar-refractivity contribution in [3.63, 3.8) is 0 Å². The van der Waals surface area contributed by atoms with Crippen molar-refractivity contribution in [2.45, 2.75) is 19.3 Å². The molecule has 1 aliphatic carbocycles. The maximum atomic E-state index is 11.8. The Hall–Kier alpha value is -1.90. The van der Waals surface area contributed by atoms with Crippen LogP contribution < -0.4 is 4.74 Å². The molecule has 0 saturated heterocycles. The molecule has 0 heterocycles. The molecule has 1 aliphatic rings. The van der Waals surface area contributed by atoms with Crippen LogP contribution in [-0.2, 0) is 4.79 Å². The van der Waals surface area contributed by atoms with E-state index in [1.165, 1.54) is 0 Å². The third-order valence-corrected chi connectivity index (χ3v) is 2.91. The molecule has 0 spiro atoms. The first-order valence-electron chi connectivity index (χ1n) is 6.10. The first-order valence-corrected chi connectivity index (χ1v) is 6.10. The van der Waals surface area contributed by atoms with E-state index in [4.69, 9.17) is 4.74 Å². The predicted molar refractivity (Wildman–Crippen MR) is 68.8 cm³/mol. The Morgan fingerprint density at radius 2 is 1.94 bits per heavy atom. The minimum atomic E-state index is -0.109. The van der Waals surface area contributed by atoms with E-state index in [2.05, 4.69) is 6.58 Å². The maximum Gasteiger partial charge on any atom is 0.170 e. The summed E-state index contributed by atoms with van der Waals surface area (Å²) in [6.07, 6.45) is 3.58. The van der Waals surface area contributed by atoms with Crippen LogP contribution in [-0.4, -0.2) is 18.2 Å². The van der Waals surface area contributed by atoms with Crippen LogP contribution in [0.2, 0.25) is 0 Å². The van der Waals surface area contributed by atoms with E-state index >= 15 is 0 Å². The molecule has 3 nitrogen and oxygen atoms in total. The second kappa shape index (κ2) is 5.63. The first kappa shape index (κ1) is 12.6. The Morgan fingerprint density at radius 3 is 2.50 bits per heavy atom. The van der Waals surface area contributed by atoms with E-state index in [0.29, 0.717) is 17.9 Å². The van der Waals surface area contributed by atoms with Gasteiger partial charge in [0.1, 0.15) is 18.1 Å². The summed E-state index contributed by atoms with van der Waals surface area (Å²) in [5, 5.41) is 0. The van der Waals surface area contributed by atoms with Crippen molar-refractivity contribution in [1.29, 1.82) is 0 Å². The van der Waals surface area contributed by atoms with Crippen LogP contribution in [0.1, 0.15) is 29.6 Å². The Labute approximate surface area is 106 Å². The third-order valence-electron chi connectivity index (χ3n) is 2.91. The van der Waals surface area contributed by atoms with E-state index < -0.39 is 0 Å². The summed E-state index contributed by atoms with van der Waals surface area (Å²) >= 11 is 0. The predicted octanol–water partition coefficient (Wildman–Crippen LogP) is 2.80. The molecule has 0 amide bonds. The average Bonchev–Trinajstić information content (AvgIpc) is 3.21. The second-order valence-corrected chi connectivity index (χ2v) is 4.46. The zero-order chi connectivity index (χ0) is 13.0. The maximum absolute atomic E-state index is 11.8. The molecule has 1 aromatic carbocycles. The zero-order valence-corrected chi connectivity index (χ0v) is 10.2. The molecule has 3 heteroatoms. The highest BCUT2D eigenvalue weighted by atomic mass is 16.5. The van der Waals surface area contributed by atoms with E-state index in [1.807, 2.05) is 0 Å². The van der Waals surface area contributed by atoms with Crippen molar-refractivity contribution in [2.75, 3.05) is 6.61 Å². The lowest BCUT2D eigenvalue weighted by atomic mass is 10.0. The summed E-state index contributed by atoms with van der Waals surface area (Å²) in [4.78, 5) is 23.4. The summed E-state index contributed by atoms with van der Waals surface area (Å²) in [6.45, 7) is 4.00. The fourth-order valence-electron chi connectivity index (χ4n) is 1.70. The molecular formula is C15H16O3. The lowest BCUT2D eigenvalue weighted by Crippen LogP contribution is -2.09. The van der Waals surface area contributed by atoms with Crippen molar-refractivity contribution < 1.29 is 14.3 Å². The lowest BCUT2D eigenvalue weighted by molar-refractivity contribution is -0.119. The van der Waals surface area contributed by atoms with Gasteiger partial charge in [0.15, 0.2) is 5.78 Å². The molecule has 0 N–H and O–H groups in total. The highest BCUT2D eigenvalue weighted by molar-refractivity contribution is 6.09. The normalized spacial score (nSPS) is 14.0. The van der Waals surface area contributed by atoms with Crippen LogP contribution in [0.4, 0.5) is 0 Å². The molecule has 18 heavy (non-hydrogen) atoms. The molecule has 0 radical (unpaired) electrons. The Morgan fingerprint density at radius 1 is 1.28 bits per heavy atom. The number of ether oxygens (including phenoxy) is 1. The van der Waals surface area contributed by atoms with Gasteiger partial charge in [-0.05, 0) is 37.1 Å². The fourth-order valence-corrected chi connectivity index (χ4v) is 1.70. The minimum Gasteiger partial charge on any atom is -0.490 e. The van der Waals surface area contributed by atoms with Crippen LogP contribution in [0, 0.1) is 5.92 Å². The van der Waals surface area contributed by atoms with Crippen LogP contribution in [0.3, 0.4) is 0 Å². The van der Waals surface area contributed by atoms with Gasteiger partial charge in [0.2, 0.25) is 0 Å². The Kier molecular flexibility index (Phi) is 3.92. The van der Waals surface area contributed by atoms with Gasteiger partial charge in [-0.15, -0.1) is 0 Å². The van der Waals surface area contributed by atoms with Crippen LogP contribution in [0.15, 0.2) is 36.9 Å². The van der Waals surface area contributed by atoms with Gasteiger partial charge in [0, 0.05) is 11.5 Å². The molecule has 2 rings (SSSR count). The highest BCUT2D eigenvalue weighted by Gasteiger charge is 2.30. The number of benzene rings is 1. The molecular weight excluding hydrogens is 228 g/mol. The van der Waals surface area contributed by atoms with Crippen molar-refractivity contribution >= 4 is 11.6 Å². The molecule has 0 aromatic heterocycles. The lowest BCUT2D eigenvalue weighted by Gasteiger charge is -2.04. The molecule has 94 valence electrons. The van der Waals surface area contributed by atoms with Gasteiger partial charge >= 0.3 is 0 Å². The number of hydrogen-bond donors (Lipinski definition) is 0. The SMILES string of the molecule is C=CCOc1ccc(C(=O)CC(=O)C2CC2)cc1. The van der Waals surface area contributed by atoms with Gasteiger partial charge in [0.05, 0.1) is 6.42 Å². The Bertz CT molecular complexity index is 455. The molecule has 0 unspecified atom stereocenters. The molecule has 1 aromatic rings. The smallest absolute Gasteiger partial charge is 0.170 e. The van der Waals surface area contributed by atoms with Crippen molar-refractivity contribution in [3.05, 3.63) is 42.5 Å². The summed E-state index contributed by atoms with van der Waals surface area (Å²) < 4.78 is 5.32. The van der Waals surface area contributed by atoms with Gasteiger partial charge in [-0.3, -0.25) is 9.59 Å². The fraction of sp³-hybridized carbons (Fsp3) is 0.333. The number of hydrogen-bond acceptors (Lipinski definition) is 3. The van der Waals surface area contributed by atoms with E-state index in [-0.39, 0.29) is 23.9 Å². The summed E-state index contributed by atoms with van der Waals surface area (Å²) in [5.41, 5.74) is 0.565. The standard InChI is InChI=1S/C15H16O3/c1-2-9-18-13-7-5-12(6-8-13)15(17)10-14(16)11-3-4-11/h2,5-8,11H,1,3-4,9-10H2. The van der Waals surface area contributed by atoms with Crippen molar-refractivity contribution in [1.82, 2.24) is 0 Å². The van der Waals surface area contributed by atoms with Gasteiger partial charge in [0.25, 0.3) is 0 Å². The quantitative estimate of drug-likeness (QED) is 0.421. The first-order chi connectivity index (χ1) is 8.70.